The predicted octanol–water partition coefficient (Wildman–Crippen LogP) is 1.58. The van der Waals surface area contributed by atoms with Crippen LogP contribution in [0.5, 0.6) is 34.5 Å². The van der Waals surface area contributed by atoms with Crippen LogP contribution < -0.4 is 74.3 Å². The Balaban J connectivity index is 0.000000323. The summed E-state index contributed by atoms with van der Waals surface area (Å²) >= 11 is 0. The molecule has 33 nitrogen and oxygen atoms in total. The molecule has 0 unspecified atom stereocenters. The van der Waals surface area contributed by atoms with Crippen molar-refractivity contribution in [2.45, 2.75) is 146 Å². The van der Waals surface area contributed by atoms with Crippen molar-refractivity contribution in [3.63, 3.8) is 0 Å². The monoisotopic (exact) mass is 1570 g/mol. The fourth-order valence-electron chi connectivity index (χ4n) is 11.6. The van der Waals surface area contributed by atoms with Gasteiger partial charge in [0.1, 0.15) is 30.5 Å². The molecule has 6 aliphatic heterocycles. The fourth-order valence-corrected chi connectivity index (χ4v) is 14.9. The van der Waals surface area contributed by atoms with E-state index in [9.17, 15) is 51.0 Å². The number of sulfonamides is 2. The van der Waals surface area contributed by atoms with Crippen molar-refractivity contribution in [3.8, 4) is 34.5 Å². The molecular formula is C71H101BN6NaO27S2. The van der Waals surface area contributed by atoms with Crippen LogP contribution in [0.15, 0.2) is 94.7 Å². The first-order valence-electron chi connectivity index (χ1n) is 34.9. The number of amides is 2. The summed E-state index contributed by atoms with van der Waals surface area (Å²) in [5.41, 5.74) is 7.16. The van der Waals surface area contributed by atoms with Crippen molar-refractivity contribution >= 4 is 65.0 Å². The molecule has 6 heterocycles. The van der Waals surface area contributed by atoms with Gasteiger partial charge in [-0.2, -0.15) is 8.61 Å². The van der Waals surface area contributed by atoms with Gasteiger partial charge >= 0.3 is 53.7 Å². The third-order valence-corrected chi connectivity index (χ3v) is 20.4. The maximum absolute atomic E-state index is 13.9. The van der Waals surface area contributed by atoms with E-state index in [0.717, 1.165) is 57.2 Å². The molecule has 0 bridgehead atoms. The Morgan fingerprint density at radius 2 is 0.954 bits per heavy atom. The number of benzene rings is 4. The van der Waals surface area contributed by atoms with Crippen molar-refractivity contribution in [1.82, 2.24) is 24.1 Å². The van der Waals surface area contributed by atoms with E-state index < -0.39 is 86.6 Å². The number of nitrogens with one attached hydrogen (secondary N) is 2. The zero-order valence-electron chi connectivity index (χ0n) is 62.8. The van der Waals surface area contributed by atoms with Gasteiger partial charge in [-0.1, -0.05) is 52.0 Å². The summed E-state index contributed by atoms with van der Waals surface area (Å²) in [4.78, 5) is 73.3. The van der Waals surface area contributed by atoms with Crippen LogP contribution in [0, 0.1) is 23.7 Å². The molecule has 108 heavy (non-hydrogen) atoms. The molecule has 10 atom stereocenters. The van der Waals surface area contributed by atoms with Gasteiger partial charge in [0.15, 0.2) is 35.6 Å². The fraction of sp³-hybridized carbons (Fsp3) is 0.577. The Labute approximate surface area is 654 Å². The summed E-state index contributed by atoms with van der Waals surface area (Å²) < 4.78 is 128. The molecule has 37 heteroatoms. The maximum Gasteiger partial charge on any atom is 1.00 e. The minimum absolute atomic E-state index is 0. The Kier molecular flexibility index (Phi) is 38.9. The first kappa shape index (κ1) is 91.5. The first-order chi connectivity index (χ1) is 51.0. The zero-order valence-corrected chi connectivity index (χ0v) is 66.4. The van der Waals surface area contributed by atoms with E-state index in [1.54, 1.807) is 24.3 Å². The number of fused-ring (bicyclic) bond motifs is 4. The van der Waals surface area contributed by atoms with E-state index in [1.807, 2.05) is 85.0 Å². The molecule has 4 aromatic rings. The number of hydrogen-bond donors (Lipinski definition) is 5. The number of carbonyl (C=O) groups is 6. The molecule has 10 rings (SSSR count). The number of rotatable bonds is 31. The van der Waals surface area contributed by atoms with Crippen molar-refractivity contribution < 1.29 is 157 Å². The van der Waals surface area contributed by atoms with Gasteiger partial charge in [0, 0.05) is 65.6 Å². The van der Waals surface area contributed by atoms with E-state index in [2.05, 4.69) is 38.0 Å². The molecular weight excluding hydrogens is 1470 g/mol. The standard InChI is InChI=1S/C33H47N3O10S.C31H43N3O10S.C4H6O4.C2H3BO2.CH2O.Na/c1-22(2)18-36(47(39,40)25-10-11-29-30(17-25)45-21-44-29)19-28(37)27(34-33(38)46-31-20-43-32-26(31)12-15-42-32)16-23-6-8-24(9-7-23)41-14-5-13-35(3)4;1-20(2)16-34(45(37,38)23-8-9-27-28(15-23)43-19-42-27)17-26(35)25(14-21-4-6-22(7-5-21)39-12-3-11-32)33-31(36)44-29-18-41-30-24(29)10-13-40-30;1-3(5)7-8-4(2)6;1-2(4)5-3;1-2;/h6-11,17,22,26-28,31-32,37H,5,12-16,18-21H2,1-4H3,(H,34,38);4-9,15,20,24-26,29-30,35H,3,10-14,16-19,32H2,1-2H3,(H,33,36);1-2H3;1H3;1H2;/q;;;-1;;+1/t26-,27-,28+,31-,32+;24-,25-,26+,29-,30+;;;;/m00..../s1. The third-order valence-electron chi connectivity index (χ3n) is 16.7. The molecule has 0 saturated carbocycles. The van der Waals surface area contributed by atoms with Gasteiger partial charge < -0.3 is 106 Å². The predicted molar refractivity (Wildman–Crippen MR) is 383 cm³/mol. The van der Waals surface area contributed by atoms with Crippen molar-refractivity contribution in [3.05, 3.63) is 96.1 Å². The Bertz CT molecular complexity index is 3670. The first-order valence-corrected chi connectivity index (χ1v) is 37.8. The molecule has 4 aromatic carbocycles. The van der Waals surface area contributed by atoms with Crippen molar-refractivity contribution in [2.24, 2.45) is 29.4 Å². The molecule has 0 aliphatic carbocycles. The van der Waals surface area contributed by atoms with Gasteiger partial charge in [-0.15, -0.1) is 0 Å². The maximum atomic E-state index is 13.9. The molecule has 0 aromatic heterocycles. The third kappa shape index (κ3) is 29.3. The molecule has 2 amide bonds. The second-order valence-corrected chi connectivity index (χ2v) is 30.4. The summed E-state index contributed by atoms with van der Waals surface area (Å²) in [6, 6.07) is 21.8. The number of ether oxygens (including phenoxy) is 12. The molecule has 6 N–H and O–H groups in total. The normalized spacial score (nSPS) is 19.5. The summed E-state index contributed by atoms with van der Waals surface area (Å²) in [7, 11) is 0.240. The summed E-state index contributed by atoms with van der Waals surface area (Å²) in [5.74, 6) is 1.05. The number of alkyl carbamates (subject to hydrolysis) is 2. The SMILES string of the molecule is C=O.CC(=O)OOC(C)=O.CC(C)CN(C[C@@H](O)[C@H](Cc1ccc(OCCCN(C)C)cc1)NC(=O)O[C@H]1CO[C@H]2OCC[C@H]21)S(=O)(=O)c1ccc2c(c1)OCO2.CC(C)CN(C[C@@H](O)[C@H](Cc1ccc(OCCCN)cc1)NC(=O)O[C@H]1CO[C@H]2OCC[C@H]21)S(=O)(=O)c1ccc2c(c1)OCO2.[B-]OC(C)=O.[Na+]. The molecule has 593 valence electrons. The minimum Gasteiger partial charge on any atom is -0.793 e. The van der Waals surface area contributed by atoms with Crippen LogP contribution >= 0.6 is 0 Å². The van der Waals surface area contributed by atoms with Gasteiger partial charge in [0.25, 0.3) is 0 Å². The Morgan fingerprint density at radius 1 is 0.574 bits per heavy atom. The number of hydrogen-bond acceptors (Lipinski definition) is 29. The molecule has 0 spiro atoms. The van der Waals surface area contributed by atoms with E-state index in [0.29, 0.717) is 67.5 Å². The summed E-state index contributed by atoms with van der Waals surface area (Å²) in [6.07, 6.45) is -2.28. The average Bonchev–Trinajstić information content (AvgIpc) is 1.64. The quantitative estimate of drug-likeness (QED) is 0.0207. The van der Waals surface area contributed by atoms with E-state index in [-0.39, 0.29) is 141 Å². The topological polar surface area (TPSA) is 409 Å². The van der Waals surface area contributed by atoms with Gasteiger partial charge in [0.2, 0.25) is 39.6 Å². The second-order valence-electron chi connectivity index (χ2n) is 26.5. The van der Waals surface area contributed by atoms with Crippen molar-refractivity contribution in [1.29, 1.82) is 0 Å². The minimum atomic E-state index is -4.05. The van der Waals surface area contributed by atoms with Gasteiger partial charge in [0.05, 0.1) is 85.6 Å². The number of aliphatic hydroxyl groups is 2. The molecule has 6 aliphatic rings. The van der Waals surface area contributed by atoms with Crippen molar-refractivity contribution in [2.75, 3.05) is 107 Å². The van der Waals surface area contributed by atoms with E-state index in [1.165, 1.54) is 39.8 Å². The van der Waals surface area contributed by atoms with Crippen LogP contribution in [0.1, 0.15) is 85.3 Å². The number of nitrogens with zero attached hydrogens (tertiary/aromatic N) is 3. The van der Waals surface area contributed by atoms with Crippen LogP contribution in [0.25, 0.3) is 0 Å². The van der Waals surface area contributed by atoms with Crippen LogP contribution in [0.4, 0.5) is 9.59 Å². The average molecular weight is 1570 g/mol. The Morgan fingerprint density at radius 3 is 1.31 bits per heavy atom. The molecule has 4 saturated heterocycles. The number of nitrogens with two attached hydrogens (primary N) is 1. The largest absolute Gasteiger partial charge is 1.00 e. The summed E-state index contributed by atoms with van der Waals surface area (Å²) in [6.45, 7) is 16.9. The van der Waals surface area contributed by atoms with Gasteiger partial charge in [-0.25, -0.2) is 45.8 Å². The summed E-state index contributed by atoms with van der Waals surface area (Å²) in [5, 5.41) is 28.8. The van der Waals surface area contributed by atoms with Gasteiger partial charge in [-0.3, -0.25) is 4.79 Å². The number of carbonyl (C=O) groups excluding carboxylic acids is 6. The molecule has 4 fully saturated rings. The van der Waals surface area contributed by atoms with Crippen LogP contribution in [0.2, 0.25) is 0 Å². The van der Waals surface area contributed by atoms with Gasteiger partial charge in [-0.05, 0) is 131 Å². The Hall–Kier alpha value is -7.14. The van der Waals surface area contributed by atoms with Crippen LogP contribution in [-0.2, 0) is 94.9 Å². The number of aliphatic hydroxyl groups excluding tert-OH is 2. The smallest absolute Gasteiger partial charge is 0.793 e. The van der Waals surface area contributed by atoms with E-state index >= 15 is 0 Å². The van der Waals surface area contributed by atoms with Crippen LogP contribution in [-0.4, -0.2) is 241 Å². The molecule has 3 radical (unpaired) electrons. The second kappa shape index (κ2) is 45.9. The zero-order chi connectivity index (χ0) is 78.4. The van der Waals surface area contributed by atoms with E-state index in [4.69, 9.17) is 67.4 Å². The van der Waals surface area contributed by atoms with Crippen LogP contribution in [0.3, 0.4) is 0 Å².